The lowest BCUT2D eigenvalue weighted by molar-refractivity contribution is -0.130. The lowest BCUT2D eigenvalue weighted by Crippen LogP contribution is -2.45. The molecule has 2 heterocycles. The summed E-state index contributed by atoms with van der Waals surface area (Å²) >= 11 is 7.00. The Morgan fingerprint density at radius 2 is 2.00 bits per heavy atom. The van der Waals surface area contributed by atoms with Crippen LogP contribution in [0.15, 0.2) is 23.6 Å². The molecule has 0 spiro atoms. The molecule has 138 valence electrons. The SMILES string of the molecule is Nc1scc(-c2ccc(F)c(Cl)c2)c1C(=O)N(N)CC(=O)N1CCCC1. The number of carbonyl (C=O) groups is 2. The Labute approximate surface area is 159 Å². The van der Waals surface area contributed by atoms with Crippen molar-refractivity contribution in [1.29, 1.82) is 0 Å². The molecule has 0 saturated carbocycles. The van der Waals surface area contributed by atoms with Crippen molar-refractivity contribution in [3.8, 4) is 11.1 Å². The summed E-state index contributed by atoms with van der Waals surface area (Å²) in [5.74, 6) is 4.53. The summed E-state index contributed by atoms with van der Waals surface area (Å²) in [6.45, 7) is 1.14. The zero-order valence-electron chi connectivity index (χ0n) is 13.9. The Balaban J connectivity index is 1.84. The van der Waals surface area contributed by atoms with Crippen molar-refractivity contribution in [2.24, 2.45) is 5.84 Å². The maximum atomic E-state index is 13.4. The largest absolute Gasteiger partial charge is 0.390 e. The number of carbonyl (C=O) groups excluding carboxylic acids is 2. The van der Waals surface area contributed by atoms with E-state index in [1.807, 2.05) is 0 Å². The van der Waals surface area contributed by atoms with Crippen LogP contribution >= 0.6 is 22.9 Å². The van der Waals surface area contributed by atoms with Crippen LogP contribution in [0.3, 0.4) is 0 Å². The zero-order chi connectivity index (χ0) is 18.8. The maximum absolute atomic E-state index is 13.4. The minimum absolute atomic E-state index is 0.0560. The van der Waals surface area contributed by atoms with Crippen LogP contribution in [0.4, 0.5) is 9.39 Å². The number of nitrogens with two attached hydrogens (primary N) is 2. The smallest absolute Gasteiger partial charge is 0.271 e. The molecule has 1 aromatic heterocycles. The van der Waals surface area contributed by atoms with Gasteiger partial charge in [0.05, 0.1) is 15.6 Å². The fourth-order valence-corrected chi connectivity index (χ4v) is 3.89. The van der Waals surface area contributed by atoms with E-state index in [1.54, 1.807) is 10.3 Å². The molecule has 4 N–H and O–H groups in total. The fourth-order valence-electron chi connectivity index (χ4n) is 2.90. The molecule has 0 aliphatic carbocycles. The Morgan fingerprint density at radius 1 is 1.31 bits per heavy atom. The Bertz CT molecular complexity index is 851. The van der Waals surface area contributed by atoms with Crippen molar-refractivity contribution in [2.75, 3.05) is 25.4 Å². The number of halogens is 2. The van der Waals surface area contributed by atoms with Crippen molar-refractivity contribution >= 4 is 39.8 Å². The number of likely N-dealkylation sites (tertiary alicyclic amines) is 1. The predicted molar refractivity (Wildman–Crippen MR) is 100 cm³/mol. The van der Waals surface area contributed by atoms with Gasteiger partial charge < -0.3 is 10.6 Å². The minimum atomic E-state index is -0.563. The predicted octanol–water partition coefficient (Wildman–Crippen LogP) is 2.73. The first-order valence-corrected chi connectivity index (χ1v) is 9.31. The van der Waals surface area contributed by atoms with E-state index in [0.29, 0.717) is 24.2 Å². The molecule has 3 rings (SSSR count). The van der Waals surface area contributed by atoms with Crippen LogP contribution in [0.25, 0.3) is 11.1 Å². The van der Waals surface area contributed by atoms with Crippen molar-refractivity contribution in [2.45, 2.75) is 12.8 Å². The second kappa shape index (κ2) is 7.61. The zero-order valence-corrected chi connectivity index (χ0v) is 15.4. The molecule has 1 aliphatic rings. The Kier molecular flexibility index (Phi) is 5.45. The highest BCUT2D eigenvalue weighted by molar-refractivity contribution is 7.15. The summed E-state index contributed by atoms with van der Waals surface area (Å²) in [4.78, 5) is 26.7. The van der Waals surface area contributed by atoms with E-state index in [0.717, 1.165) is 17.9 Å². The van der Waals surface area contributed by atoms with E-state index in [9.17, 15) is 14.0 Å². The summed E-state index contributed by atoms with van der Waals surface area (Å²) < 4.78 is 13.4. The number of amides is 2. The van der Waals surface area contributed by atoms with Gasteiger partial charge in [0.2, 0.25) is 5.91 Å². The van der Waals surface area contributed by atoms with Gasteiger partial charge in [-0.2, -0.15) is 0 Å². The molecular weight excluding hydrogens is 379 g/mol. The van der Waals surface area contributed by atoms with Gasteiger partial charge in [-0.05, 0) is 30.5 Å². The molecule has 2 amide bonds. The third-order valence-electron chi connectivity index (χ3n) is 4.29. The molecule has 0 atom stereocenters. The normalized spacial score (nSPS) is 13.9. The average molecular weight is 397 g/mol. The molecule has 9 heteroatoms. The summed E-state index contributed by atoms with van der Waals surface area (Å²) in [6, 6.07) is 4.15. The second-order valence-electron chi connectivity index (χ2n) is 6.04. The van der Waals surface area contributed by atoms with Crippen LogP contribution in [0.1, 0.15) is 23.2 Å². The number of thiophene rings is 1. The fraction of sp³-hybridized carbons (Fsp3) is 0.294. The van der Waals surface area contributed by atoms with Gasteiger partial charge in [-0.15, -0.1) is 11.3 Å². The van der Waals surface area contributed by atoms with Crippen LogP contribution in [0, 0.1) is 5.82 Å². The molecule has 1 fully saturated rings. The molecule has 1 aromatic carbocycles. The topological polar surface area (TPSA) is 92.7 Å². The van der Waals surface area contributed by atoms with Gasteiger partial charge in [-0.1, -0.05) is 17.7 Å². The van der Waals surface area contributed by atoms with E-state index in [1.165, 1.54) is 29.5 Å². The van der Waals surface area contributed by atoms with Gasteiger partial charge in [0.1, 0.15) is 12.4 Å². The van der Waals surface area contributed by atoms with Crippen LogP contribution in [-0.4, -0.2) is 41.4 Å². The number of hydrogen-bond donors (Lipinski definition) is 2. The first-order valence-electron chi connectivity index (χ1n) is 8.05. The Morgan fingerprint density at radius 3 is 2.65 bits per heavy atom. The number of hydrogen-bond acceptors (Lipinski definition) is 5. The summed E-state index contributed by atoms with van der Waals surface area (Å²) in [6.07, 6.45) is 1.91. The van der Waals surface area contributed by atoms with E-state index in [-0.39, 0.29) is 28.0 Å². The lowest BCUT2D eigenvalue weighted by atomic mass is 10.0. The minimum Gasteiger partial charge on any atom is -0.390 e. The highest BCUT2D eigenvalue weighted by Crippen LogP contribution is 2.35. The number of nitrogens with zero attached hydrogens (tertiary/aromatic N) is 2. The van der Waals surface area contributed by atoms with Crippen molar-refractivity contribution in [3.05, 3.63) is 40.0 Å². The molecule has 2 aromatic rings. The van der Waals surface area contributed by atoms with Crippen LogP contribution in [0.2, 0.25) is 5.02 Å². The average Bonchev–Trinajstić information content (AvgIpc) is 3.26. The van der Waals surface area contributed by atoms with Crippen molar-refractivity contribution in [1.82, 2.24) is 9.91 Å². The lowest BCUT2D eigenvalue weighted by Gasteiger charge is -2.21. The summed E-state index contributed by atoms with van der Waals surface area (Å²) in [5.41, 5.74) is 7.19. The highest BCUT2D eigenvalue weighted by Gasteiger charge is 2.26. The van der Waals surface area contributed by atoms with Gasteiger partial charge in [-0.25, -0.2) is 10.2 Å². The van der Waals surface area contributed by atoms with E-state index >= 15 is 0 Å². The van der Waals surface area contributed by atoms with Gasteiger partial charge in [-0.3, -0.25) is 14.6 Å². The summed E-state index contributed by atoms with van der Waals surface area (Å²) in [5, 5.41) is 2.77. The van der Waals surface area contributed by atoms with Crippen LogP contribution < -0.4 is 11.6 Å². The highest BCUT2D eigenvalue weighted by atomic mass is 35.5. The number of anilines is 1. The standard InChI is InChI=1S/C17H18ClFN4O2S/c18-12-7-10(3-4-13(12)19)11-9-26-16(20)15(11)17(25)23(21)8-14(24)22-5-1-2-6-22/h3-4,7,9H,1-2,5-6,8,20-21H2. The first-order chi connectivity index (χ1) is 12.4. The van der Waals surface area contributed by atoms with Crippen LogP contribution in [-0.2, 0) is 4.79 Å². The van der Waals surface area contributed by atoms with Crippen molar-refractivity contribution < 1.29 is 14.0 Å². The Hall–Kier alpha value is -2.16. The maximum Gasteiger partial charge on any atom is 0.271 e. The quantitative estimate of drug-likeness (QED) is 0.472. The second-order valence-corrected chi connectivity index (χ2v) is 7.36. The molecule has 0 radical (unpaired) electrons. The molecular formula is C17H18ClFN4O2S. The van der Waals surface area contributed by atoms with Gasteiger partial charge in [0, 0.05) is 24.0 Å². The third-order valence-corrected chi connectivity index (χ3v) is 5.39. The number of benzene rings is 1. The van der Waals surface area contributed by atoms with E-state index in [2.05, 4.69) is 0 Å². The molecule has 1 aliphatic heterocycles. The molecule has 6 nitrogen and oxygen atoms in total. The number of nitrogen functional groups attached to an aromatic ring is 1. The van der Waals surface area contributed by atoms with Crippen LogP contribution in [0.5, 0.6) is 0 Å². The number of hydrazine groups is 1. The molecule has 26 heavy (non-hydrogen) atoms. The van der Waals surface area contributed by atoms with E-state index in [4.69, 9.17) is 23.2 Å². The number of rotatable bonds is 4. The third kappa shape index (κ3) is 3.67. The molecule has 0 unspecified atom stereocenters. The van der Waals surface area contributed by atoms with Crippen molar-refractivity contribution in [3.63, 3.8) is 0 Å². The molecule has 1 saturated heterocycles. The molecule has 0 bridgehead atoms. The van der Waals surface area contributed by atoms with E-state index < -0.39 is 11.7 Å². The first kappa shape index (κ1) is 18.6. The monoisotopic (exact) mass is 396 g/mol. The van der Waals surface area contributed by atoms with Gasteiger partial charge >= 0.3 is 0 Å². The van der Waals surface area contributed by atoms with Gasteiger partial charge in [0.25, 0.3) is 5.91 Å². The van der Waals surface area contributed by atoms with Gasteiger partial charge in [0.15, 0.2) is 0 Å². The summed E-state index contributed by atoms with van der Waals surface area (Å²) in [7, 11) is 0.